The second-order valence-electron chi connectivity index (χ2n) is 5.45. The molecule has 2 N–H and O–H groups in total. The topological polar surface area (TPSA) is 82.1 Å². The van der Waals surface area contributed by atoms with Gasteiger partial charge in [0, 0.05) is 50.4 Å². The summed E-state index contributed by atoms with van der Waals surface area (Å²) in [5, 5.41) is 13.0. The Kier molecular flexibility index (Phi) is 5.81. The first kappa shape index (κ1) is 17.1. The quantitative estimate of drug-likeness (QED) is 0.793. The Hall–Kier alpha value is -2.28. The molecule has 126 valence electrons. The van der Waals surface area contributed by atoms with Crippen molar-refractivity contribution in [2.24, 2.45) is 0 Å². The van der Waals surface area contributed by atoms with E-state index in [1.807, 2.05) is 6.92 Å². The molecule has 0 radical (unpaired) electrons. The van der Waals surface area contributed by atoms with Gasteiger partial charge in [0.15, 0.2) is 11.5 Å². The maximum atomic E-state index is 11.8. The van der Waals surface area contributed by atoms with Gasteiger partial charge in [0.05, 0.1) is 7.11 Å². The van der Waals surface area contributed by atoms with E-state index in [1.165, 1.54) is 13.2 Å². The molecule has 2 rings (SSSR count). The number of aromatic hydroxyl groups is 1. The molecule has 1 aliphatic heterocycles. The minimum atomic E-state index is -0.0420. The van der Waals surface area contributed by atoms with Gasteiger partial charge in [-0.3, -0.25) is 9.69 Å². The number of urea groups is 1. The Labute approximate surface area is 135 Å². The van der Waals surface area contributed by atoms with E-state index in [0.29, 0.717) is 56.1 Å². The summed E-state index contributed by atoms with van der Waals surface area (Å²) >= 11 is 0. The predicted octanol–water partition coefficient (Wildman–Crippen LogP) is 1.06. The minimum absolute atomic E-state index is 0.0420. The highest BCUT2D eigenvalue weighted by atomic mass is 16.5. The van der Waals surface area contributed by atoms with Gasteiger partial charge >= 0.3 is 6.03 Å². The van der Waals surface area contributed by atoms with Gasteiger partial charge in [-0.2, -0.15) is 0 Å². The number of methoxy groups -OCH3 is 1. The third kappa shape index (κ3) is 4.13. The molecule has 0 aromatic heterocycles. The summed E-state index contributed by atoms with van der Waals surface area (Å²) in [6.07, 6.45) is 0.735. The van der Waals surface area contributed by atoms with Crippen molar-refractivity contribution in [3.8, 4) is 11.5 Å². The highest BCUT2D eigenvalue weighted by molar-refractivity contribution is 5.77. The summed E-state index contributed by atoms with van der Waals surface area (Å²) < 4.78 is 5.10. The molecular formula is C16H23N3O4. The molecule has 2 amide bonds. The first-order valence-corrected chi connectivity index (χ1v) is 7.69. The van der Waals surface area contributed by atoms with Crippen LogP contribution < -0.4 is 10.1 Å². The smallest absolute Gasteiger partial charge is 0.317 e. The van der Waals surface area contributed by atoms with E-state index in [9.17, 15) is 14.7 Å². The van der Waals surface area contributed by atoms with Crippen molar-refractivity contribution in [3.05, 3.63) is 23.3 Å². The second-order valence-corrected chi connectivity index (χ2v) is 5.45. The van der Waals surface area contributed by atoms with Crippen molar-refractivity contribution in [2.75, 3.05) is 39.8 Å². The molecule has 7 heteroatoms. The molecule has 1 aliphatic rings. The van der Waals surface area contributed by atoms with Crippen LogP contribution in [0.15, 0.2) is 12.1 Å². The lowest BCUT2D eigenvalue weighted by atomic mass is 10.1. The number of nitrogens with one attached hydrogen (secondary N) is 1. The zero-order valence-electron chi connectivity index (χ0n) is 13.5. The number of rotatable bonds is 5. The van der Waals surface area contributed by atoms with Crippen molar-refractivity contribution in [3.63, 3.8) is 0 Å². The first-order chi connectivity index (χ1) is 11.1. The van der Waals surface area contributed by atoms with Crippen molar-refractivity contribution >= 4 is 12.3 Å². The molecule has 0 spiro atoms. The van der Waals surface area contributed by atoms with E-state index in [1.54, 1.807) is 11.0 Å². The number of benzene rings is 1. The van der Waals surface area contributed by atoms with Crippen LogP contribution in [-0.2, 0) is 6.54 Å². The van der Waals surface area contributed by atoms with Crippen LogP contribution in [0.4, 0.5) is 4.79 Å². The maximum absolute atomic E-state index is 11.8. The Bertz CT molecular complexity index is 569. The monoisotopic (exact) mass is 321 g/mol. The molecule has 1 aromatic carbocycles. The predicted molar refractivity (Wildman–Crippen MR) is 86.0 cm³/mol. The minimum Gasteiger partial charge on any atom is -0.504 e. The number of phenolic OH excluding ortho intramolecular Hbond substituents is 1. The van der Waals surface area contributed by atoms with Crippen LogP contribution in [0.2, 0.25) is 0 Å². The molecule has 23 heavy (non-hydrogen) atoms. The van der Waals surface area contributed by atoms with Gasteiger partial charge in [-0.25, -0.2) is 4.79 Å². The van der Waals surface area contributed by atoms with Gasteiger partial charge in [-0.15, -0.1) is 0 Å². The molecule has 1 heterocycles. The average molecular weight is 321 g/mol. The number of carbonyl (C=O) groups excluding carboxylic acids is 2. The van der Waals surface area contributed by atoms with Gasteiger partial charge in [0.25, 0.3) is 0 Å². The number of hydrogen-bond donors (Lipinski definition) is 2. The highest BCUT2D eigenvalue weighted by Gasteiger charge is 2.22. The van der Waals surface area contributed by atoms with Gasteiger partial charge in [0.2, 0.25) is 0 Å². The third-order valence-corrected chi connectivity index (χ3v) is 3.91. The van der Waals surface area contributed by atoms with Crippen LogP contribution in [0.3, 0.4) is 0 Å². The van der Waals surface area contributed by atoms with Crippen molar-refractivity contribution in [2.45, 2.75) is 13.5 Å². The van der Waals surface area contributed by atoms with E-state index in [4.69, 9.17) is 4.74 Å². The van der Waals surface area contributed by atoms with E-state index in [-0.39, 0.29) is 11.8 Å². The normalized spacial score (nSPS) is 15.3. The standard InChI is InChI=1S/C16H23N3O4/c1-3-17-16(22)19-6-4-18(5-7-19)10-13-8-12(11-20)9-14(23-2)15(13)21/h8-9,11,21H,3-7,10H2,1-2H3,(H,17,22). The number of amides is 2. The first-order valence-electron chi connectivity index (χ1n) is 7.69. The third-order valence-electron chi connectivity index (χ3n) is 3.91. The Morgan fingerprint density at radius 3 is 2.61 bits per heavy atom. The zero-order chi connectivity index (χ0) is 16.8. The van der Waals surface area contributed by atoms with Crippen molar-refractivity contribution in [1.82, 2.24) is 15.1 Å². The summed E-state index contributed by atoms with van der Waals surface area (Å²) in [4.78, 5) is 26.7. The van der Waals surface area contributed by atoms with Crippen molar-refractivity contribution in [1.29, 1.82) is 0 Å². The Balaban J connectivity index is 2.01. The molecule has 0 unspecified atom stereocenters. The molecule has 0 aliphatic carbocycles. The Morgan fingerprint density at radius 2 is 2.04 bits per heavy atom. The van der Waals surface area contributed by atoms with E-state index in [2.05, 4.69) is 10.2 Å². The fourth-order valence-electron chi connectivity index (χ4n) is 2.65. The number of aldehydes is 1. The van der Waals surface area contributed by atoms with Crippen LogP contribution in [0.1, 0.15) is 22.8 Å². The lowest BCUT2D eigenvalue weighted by Crippen LogP contribution is -2.51. The van der Waals surface area contributed by atoms with Gasteiger partial charge in [-0.1, -0.05) is 0 Å². The summed E-state index contributed by atoms with van der Waals surface area (Å²) in [6.45, 7) is 5.71. The molecule has 1 aromatic rings. The number of nitrogens with zero attached hydrogens (tertiary/aromatic N) is 2. The molecule has 0 atom stereocenters. The number of ether oxygens (including phenoxy) is 1. The average Bonchev–Trinajstić information content (AvgIpc) is 2.57. The SMILES string of the molecule is CCNC(=O)N1CCN(Cc2cc(C=O)cc(OC)c2O)CC1. The fraction of sp³-hybridized carbons (Fsp3) is 0.500. The number of piperazine rings is 1. The molecule has 7 nitrogen and oxygen atoms in total. The summed E-state index contributed by atoms with van der Waals surface area (Å²) in [6, 6.07) is 3.14. The van der Waals surface area contributed by atoms with Crippen LogP contribution in [0.5, 0.6) is 11.5 Å². The molecule has 1 saturated heterocycles. The number of carbonyl (C=O) groups is 2. The molecular weight excluding hydrogens is 298 g/mol. The molecule has 0 saturated carbocycles. The second kappa shape index (κ2) is 7.82. The van der Waals surface area contributed by atoms with E-state index < -0.39 is 0 Å². The molecule has 1 fully saturated rings. The fourth-order valence-corrected chi connectivity index (χ4v) is 2.65. The van der Waals surface area contributed by atoms with Crippen molar-refractivity contribution < 1.29 is 19.4 Å². The Morgan fingerprint density at radius 1 is 1.35 bits per heavy atom. The zero-order valence-corrected chi connectivity index (χ0v) is 13.5. The lowest BCUT2D eigenvalue weighted by Gasteiger charge is -2.34. The van der Waals surface area contributed by atoms with Gasteiger partial charge in [0.1, 0.15) is 6.29 Å². The molecule has 0 bridgehead atoms. The van der Waals surface area contributed by atoms with E-state index >= 15 is 0 Å². The van der Waals surface area contributed by atoms with Crippen LogP contribution in [0.25, 0.3) is 0 Å². The summed E-state index contributed by atoms with van der Waals surface area (Å²) in [7, 11) is 1.46. The van der Waals surface area contributed by atoms with Crippen LogP contribution in [0, 0.1) is 0 Å². The maximum Gasteiger partial charge on any atom is 0.317 e. The summed E-state index contributed by atoms with van der Waals surface area (Å²) in [5.74, 6) is 0.356. The van der Waals surface area contributed by atoms with Gasteiger partial charge < -0.3 is 20.1 Å². The number of phenols is 1. The van der Waals surface area contributed by atoms with Crippen LogP contribution in [-0.4, -0.2) is 67.1 Å². The van der Waals surface area contributed by atoms with E-state index in [0.717, 1.165) is 6.29 Å². The highest BCUT2D eigenvalue weighted by Crippen LogP contribution is 2.32. The van der Waals surface area contributed by atoms with Gasteiger partial charge in [-0.05, 0) is 19.1 Å². The largest absolute Gasteiger partial charge is 0.504 e. The summed E-state index contributed by atoms with van der Waals surface area (Å²) in [5.41, 5.74) is 1.12. The number of hydrogen-bond acceptors (Lipinski definition) is 5. The van der Waals surface area contributed by atoms with Crippen LogP contribution >= 0.6 is 0 Å². The lowest BCUT2D eigenvalue weighted by molar-refractivity contribution is 0.112.